The average molecular weight is 434 g/mol. The van der Waals surface area contributed by atoms with Gasteiger partial charge in [-0.25, -0.2) is 0 Å². The maximum absolute atomic E-state index is 13.3. The van der Waals surface area contributed by atoms with E-state index >= 15 is 0 Å². The molecule has 0 aliphatic rings. The first-order valence-corrected chi connectivity index (χ1v) is 12.6. The van der Waals surface area contributed by atoms with Crippen molar-refractivity contribution in [1.29, 1.82) is 0 Å². The van der Waals surface area contributed by atoms with Crippen molar-refractivity contribution < 1.29 is 18.6 Å². The summed E-state index contributed by atoms with van der Waals surface area (Å²) < 4.78 is 12.1. The van der Waals surface area contributed by atoms with Gasteiger partial charge in [-0.15, -0.1) is 9.93 Å². The molecular formula is C21H43N3O4S. The third kappa shape index (κ3) is 5.66. The highest BCUT2D eigenvalue weighted by atomic mass is 32.2. The Morgan fingerprint density at radius 1 is 0.931 bits per heavy atom. The predicted molar refractivity (Wildman–Crippen MR) is 122 cm³/mol. The summed E-state index contributed by atoms with van der Waals surface area (Å²) >= 11 is 0. The van der Waals surface area contributed by atoms with Gasteiger partial charge in [-0.3, -0.25) is 18.6 Å². The summed E-state index contributed by atoms with van der Waals surface area (Å²) in [7, 11) is -0.940. The maximum Gasteiger partial charge on any atom is 0.234 e. The van der Waals surface area contributed by atoms with Crippen LogP contribution in [-0.2, 0) is 24.3 Å². The lowest BCUT2D eigenvalue weighted by Crippen LogP contribution is -2.66. The summed E-state index contributed by atoms with van der Waals surface area (Å²) in [6.45, 7) is 16.1. The first-order chi connectivity index (χ1) is 12.7. The van der Waals surface area contributed by atoms with Gasteiger partial charge in [-0.1, -0.05) is 13.8 Å². The van der Waals surface area contributed by atoms with E-state index in [2.05, 4.69) is 16.0 Å². The summed E-state index contributed by atoms with van der Waals surface area (Å²) in [6, 6.07) is -0.831. The fraction of sp³-hybridized carbons (Fsp3) is 0.857. The van der Waals surface area contributed by atoms with Crippen molar-refractivity contribution in [1.82, 2.24) is 16.0 Å². The zero-order chi connectivity index (χ0) is 23.6. The van der Waals surface area contributed by atoms with E-state index in [-0.39, 0.29) is 24.1 Å². The molecule has 1 unspecified atom stereocenters. The Hall–Kier alpha value is -1.28. The summed E-state index contributed by atoms with van der Waals surface area (Å²) in [4.78, 5) is 38.0. The number of Topliss-reactive ketones (excluding diaryl/α,β-unsaturated/α-hetero) is 1. The minimum Gasteiger partial charge on any atom is -0.349 e. The normalized spacial score (nSPS) is 15.4. The van der Waals surface area contributed by atoms with Gasteiger partial charge < -0.3 is 16.0 Å². The molecule has 0 aromatic heterocycles. The standard InChI is InChI=1S/C21H43N3O4S/c1-14(25)16(18(2,3)20(6,7)24-15(26)13-22-10)23-17(27)19(4,5)21(8,9)29(11,12)28/h16,22,29H,13H2,1-12H3,(H,23,27)(H,24,26). The molecule has 0 aliphatic carbocycles. The van der Waals surface area contributed by atoms with Crippen LogP contribution in [0.1, 0.15) is 62.3 Å². The second kappa shape index (κ2) is 8.84. The van der Waals surface area contributed by atoms with Crippen LogP contribution in [0.3, 0.4) is 0 Å². The number of carbonyl (C=O) groups is 3. The first-order valence-electron chi connectivity index (χ1n) is 9.99. The van der Waals surface area contributed by atoms with Crippen molar-refractivity contribution in [3.05, 3.63) is 0 Å². The lowest BCUT2D eigenvalue weighted by molar-refractivity contribution is -0.137. The number of hydrogen-bond acceptors (Lipinski definition) is 5. The molecule has 29 heavy (non-hydrogen) atoms. The maximum atomic E-state index is 13.3. The Kier molecular flexibility index (Phi) is 8.45. The molecule has 0 rings (SSSR count). The van der Waals surface area contributed by atoms with E-state index in [1.54, 1.807) is 33.4 Å². The number of rotatable bonds is 10. The van der Waals surface area contributed by atoms with E-state index in [1.165, 1.54) is 6.92 Å². The molecule has 172 valence electrons. The number of nitrogens with one attached hydrogen (secondary N) is 3. The highest BCUT2D eigenvalue weighted by Gasteiger charge is 2.52. The Morgan fingerprint density at radius 2 is 1.38 bits per heavy atom. The second-order valence-corrected chi connectivity index (χ2v) is 14.3. The number of ketones is 1. The zero-order valence-electron chi connectivity index (χ0n) is 20.4. The van der Waals surface area contributed by atoms with Gasteiger partial charge >= 0.3 is 0 Å². The average Bonchev–Trinajstić information content (AvgIpc) is 2.49. The van der Waals surface area contributed by atoms with Crippen molar-refractivity contribution in [2.45, 2.75) is 78.6 Å². The van der Waals surface area contributed by atoms with Gasteiger partial charge in [0.15, 0.2) is 5.78 Å². The molecule has 0 aromatic rings. The Bertz CT molecular complexity index is 690. The van der Waals surface area contributed by atoms with Gasteiger partial charge in [0.2, 0.25) is 11.8 Å². The molecule has 0 spiro atoms. The monoisotopic (exact) mass is 433 g/mol. The quantitative estimate of drug-likeness (QED) is 0.389. The topological polar surface area (TPSA) is 104 Å². The smallest absolute Gasteiger partial charge is 0.234 e. The molecule has 3 N–H and O–H groups in total. The van der Waals surface area contributed by atoms with Crippen molar-refractivity contribution in [2.24, 2.45) is 10.8 Å². The van der Waals surface area contributed by atoms with Gasteiger partial charge in [0.05, 0.1) is 18.0 Å². The molecule has 0 saturated carbocycles. The minimum atomic E-state index is -2.62. The summed E-state index contributed by atoms with van der Waals surface area (Å²) in [5.74, 6) is -0.736. The fourth-order valence-electron chi connectivity index (χ4n) is 3.13. The SMILES string of the molecule is CNCC(=O)NC(C)(C)C(C)(C)C(NC(=O)C(C)(C)C(C)(C)[SH](C)(C)=O)C(C)=O. The van der Waals surface area contributed by atoms with Crippen LogP contribution in [0, 0.1) is 10.8 Å². The van der Waals surface area contributed by atoms with Crippen LogP contribution in [0.5, 0.6) is 0 Å². The van der Waals surface area contributed by atoms with E-state index < -0.39 is 37.1 Å². The van der Waals surface area contributed by atoms with Crippen LogP contribution < -0.4 is 16.0 Å². The molecule has 0 bridgehead atoms. The van der Waals surface area contributed by atoms with Crippen molar-refractivity contribution >= 4 is 27.5 Å². The number of carbonyl (C=O) groups excluding carboxylic acids is 3. The van der Waals surface area contributed by atoms with Crippen LogP contribution in [-0.4, -0.2) is 64.2 Å². The summed E-state index contributed by atoms with van der Waals surface area (Å²) in [5, 5.41) is 8.66. The highest BCUT2D eigenvalue weighted by Crippen LogP contribution is 2.41. The Morgan fingerprint density at radius 3 is 1.72 bits per heavy atom. The highest BCUT2D eigenvalue weighted by molar-refractivity contribution is 8.03. The van der Waals surface area contributed by atoms with Crippen LogP contribution >= 0.6 is 0 Å². The van der Waals surface area contributed by atoms with E-state index in [4.69, 9.17) is 0 Å². The third-order valence-corrected chi connectivity index (χ3v) is 10.5. The number of amides is 2. The minimum absolute atomic E-state index is 0.153. The van der Waals surface area contributed by atoms with E-state index in [0.29, 0.717) is 0 Å². The fourth-order valence-corrected chi connectivity index (χ4v) is 4.58. The molecule has 1 atom stereocenters. The molecule has 8 heteroatoms. The number of likely N-dealkylation sites (N-methyl/N-ethyl adjacent to an activating group) is 1. The third-order valence-electron chi connectivity index (χ3n) is 7.25. The predicted octanol–water partition coefficient (Wildman–Crippen LogP) is 1.28. The largest absolute Gasteiger partial charge is 0.349 e. The van der Waals surface area contributed by atoms with E-state index in [1.807, 2.05) is 41.5 Å². The van der Waals surface area contributed by atoms with Gasteiger partial charge in [-0.2, -0.15) is 0 Å². The number of hydrogen-bond donors (Lipinski definition) is 4. The lowest BCUT2D eigenvalue weighted by atomic mass is 9.67. The Balaban J connectivity index is 5.95. The molecule has 0 fully saturated rings. The van der Waals surface area contributed by atoms with E-state index in [9.17, 15) is 18.6 Å². The van der Waals surface area contributed by atoms with E-state index in [0.717, 1.165) is 0 Å². The molecule has 2 amide bonds. The second-order valence-electron chi connectivity index (χ2n) is 10.5. The molecule has 0 aliphatic heterocycles. The molecule has 7 nitrogen and oxygen atoms in total. The van der Waals surface area contributed by atoms with Crippen LogP contribution in [0.15, 0.2) is 0 Å². The molecule has 0 saturated heterocycles. The Labute approximate surface area is 178 Å². The summed E-state index contributed by atoms with van der Waals surface area (Å²) in [5.41, 5.74) is -2.55. The molecule has 0 radical (unpaired) electrons. The van der Waals surface area contributed by atoms with Gasteiger partial charge in [0.1, 0.15) is 0 Å². The van der Waals surface area contributed by atoms with Crippen LogP contribution in [0.2, 0.25) is 0 Å². The van der Waals surface area contributed by atoms with Gasteiger partial charge in [0.25, 0.3) is 0 Å². The zero-order valence-corrected chi connectivity index (χ0v) is 21.3. The van der Waals surface area contributed by atoms with Crippen molar-refractivity contribution in [3.63, 3.8) is 0 Å². The van der Waals surface area contributed by atoms with Crippen LogP contribution in [0.4, 0.5) is 0 Å². The number of thiol groups is 1. The van der Waals surface area contributed by atoms with Gasteiger partial charge in [0, 0.05) is 15.7 Å². The van der Waals surface area contributed by atoms with Crippen LogP contribution in [0.25, 0.3) is 0 Å². The molecular weight excluding hydrogens is 390 g/mol. The first kappa shape index (κ1) is 27.7. The molecule has 0 heterocycles. The van der Waals surface area contributed by atoms with Gasteiger partial charge in [-0.05, 0) is 68.0 Å². The van der Waals surface area contributed by atoms with Crippen molar-refractivity contribution in [2.75, 3.05) is 26.1 Å². The summed E-state index contributed by atoms with van der Waals surface area (Å²) in [6.07, 6.45) is 3.35. The lowest BCUT2D eigenvalue weighted by Gasteiger charge is -2.49. The van der Waals surface area contributed by atoms with Crippen molar-refractivity contribution in [3.8, 4) is 0 Å². The molecule has 0 aromatic carbocycles.